The molecule has 12 rings (SSSR count). The molecule has 0 spiro atoms. The van der Waals surface area contributed by atoms with Crippen LogP contribution in [0.3, 0.4) is 0 Å². The van der Waals surface area contributed by atoms with Crippen molar-refractivity contribution in [3.05, 3.63) is 270 Å². The number of piperidine rings is 1. The Morgan fingerprint density at radius 2 is 1.07 bits per heavy atom. The third kappa shape index (κ3) is 42.7. The second-order valence-electron chi connectivity index (χ2n) is 26.9. The highest BCUT2D eigenvalue weighted by Crippen LogP contribution is 2.21. The topological polar surface area (TPSA) is 215 Å². The molecule has 0 unspecified atom stereocenters. The molecule has 8 aromatic heterocycles. The predicted molar refractivity (Wildman–Crippen MR) is 467 cm³/mol. The van der Waals surface area contributed by atoms with E-state index in [1.807, 2.05) is 75.4 Å². The Morgan fingerprint density at radius 3 is 1.63 bits per heavy atom. The molecule has 25 nitrogen and oxygen atoms in total. The maximum Gasteiger partial charge on any atom is 0.572 e. The molecular formula is C79H95Br7Cl3IN10O15S+8. The number of carbonyl (C=O) groups is 3. The van der Waals surface area contributed by atoms with Crippen LogP contribution in [0.25, 0.3) is 0 Å². The van der Waals surface area contributed by atoms with E-state index in [0.717, 1.165) is 84.7 Å². The minimum absolute atomic E-state index is 0.138. The van der Waals surface area contributed by atoms with E-state index in [9.17, 15) is 22.8 Å². The van der Waals surface area contributed by atoms with E-state index in [0.29, 0.717) is 47.1 Å². The summed E-state index contributed by atoms with van der Waals surface area (Å²) in [7, 11) is -3.78. The summed E-state index contributed by atoms with van der Waals surface area (Å²) in [5, 5.41) is 1.75. The molecule has 2 saturated heterocycles. The molecule has 0 atom stereocenters. The maximum atomic E-state index is 12.0. The fourth-order valence-electron chi connectivity index (χ4n) is 9.29. The van der Waals surface area contributed by atoms with Gasteiger partial charge in [0.15, 0.2) is 24.6 Å². The minimum atomic E-state index is -3.78. The monoisotopic (exact) mass is 2240 g/mol. The molecule has 0 N–H and O–H groups in total. The van der Waals surface area contributed by atoms with Gasteiger partial charge in [-0.2, -0.15) is 22.9 Å². The molecule has 626 valence electrons. The van der Waals surface area contributed by atoms with Crippen LogP contribution < -0.4 is 76.0 Å². The highest BCUT2D eigenvalue weighted by Gasteiger charge is 2.28. The number of pyridine rings is 8. The van der Waals surface area contributed by atoms with Crippen LogP contribution in [0.4, 0.5) is 14.4 Å². The predicted octanol–water partition coefficient (Wildman–Crippen LogP) is 15.8. The van der Waals surface area contributed by atoms with Crippen molar-refractivity contribution in [3.63, 3.8) is 0 Å². The van der Waals surface area contributed by atoms with Gasteiger partial charge in [-0.15, -0.1) is 9.12 Å². The molecule has 0 bridgehead atoms. The van der Waals surface area contributed by atoms with Gasteiger partial charge in [-0.1, -0.05) is 88.4 Å². The Kier molecular flexibility index (Phi) is 45.7. The molecule has 3 fully saturated rings. The standard InChI is InChI=1S/C12H11INO3S.C12H18NO.C11H13Br2N2O2.C10H11Br2N2O3.C10H13BrNO3.C9H12Br2NO.C8H11ClNO.C7H6Cl2NO/c1-10-2-4-12(5-3-10)18(15,16)17-14-8-6-11(13)7-9-14;1-11-7-9-13(10-8-11)14-12-5-3-2-4-6-12;12-9-4-5-10(13)15(8-9)17-11(16)14-6-2-1-3-7-14;11-8-1-2-14(7-9(8)12)17-10(15)13-3-5-16-6-4-13;1-10(2,3)14-9(13)15-12-6-4-8(11)5-7-12;1-9(2,3)13-12-5-7(10)4-8(11)6-12;1-2-7-11-10-5-3-8(9)4-6-10;1-2-11-10-4-6(8)3-7(9)5-10/h2-9H,1H3;7-10,12H,2-6H2,1H3;4-5,8H,1-3,6-7H2;1-2,7H,3-6H2;4-7H,1-3H3;4-6H,1-3H3;3-6H,2,7H2,1H3;2-5H,1H2/q8*+1. The number of likely N-dealkylation sites (tertiary alicyclic amines) is 1. The maximum absolute atomic E-state index is 12.0. The highest BCUT2D eigenvalue weighted by atomic mass is 127. The fraction of sp³-hybridized carbons (Fsp3) is 0.354. The van der Waals surface area contributed by atoms with E-state index in [-0.39, 0.29) is 22.7 Å². The van der Waals surface area contributed by atoms with Crippen LogP contribution in [-0.2, 0) is 19.6 Å². The van der Waals surface area contributed by atoms with Gasteiger partial charge in [0.2, 0.25) is 93.0 Å². The SMILES string of the molecule is C=CO[n+]1cc(Cl)cc(Cl)c1.CC(C)(C)OC(=O)O[n+]1ccc(Br)cc1.CC(C)(C)O[n+]1cc(Br)cc(Br)c1.CCCO[n+]1ccc(Cl)cc1.Cc1cc[n+](OC2CCCCC2)cc1.Cc1ccc(S(=O)(=O)O[n+]2ccc(I)cc2)cc1.O=C(O[n+]1cc(Br)ccc1Br)N1CCCCC1.O=C(O[n+]1ccc(Br)c(Br)c1)N1CCOCC1. The number of nitrogens with zero attached hydrogens (tertiary/aromatic N) is 10. The summed E-state index contributed by atoms with van der Waals surface area (Å²) in [5.41, 5.74) is 1.53. The number of aromatic nitrogens is 8. The molecule has 2 aliphatic heterocycles. The van der Waals surface area contributed by atoms with Crippen molar-refractivity contribution >= 4 is 197 Å². The number of hydrogen-bond acceptors (Lipinski definition) is 15. The van der Waals surface area contributed by atoms with E-state index in [1.54, 1.807) is 169 Å². The smallest absolute Gasteiger partial charge is 0.425 e. The molecule has 1 saturated carbocycles. The Hall–Kier alpha value is -6.16. The second-order valence-corrected chi connectivity index (χ2v) is 37.1. The van der Waals surface area contributed by atoms with Gasteiger partial charge in [-0.25, -0.2) is 14.4 Å². The zero-order valence-corrected chi connectivity index (χ0v) is 81.7. The van der Waals surface area contributed by atoms with Gasteiger partial charge < -0.3 is 14.4 Å². The van der Waals surface area contributed by atoms with Gasteiger partial charge in [-0.3, -0.25) is 19.4 Å². The van der Waals surface area contributed by atoms with Gasteiger partial charge in [0.1, 0.15) is 25.0 Å². The lowest BCUT2D eigenvalue weighted by Gasteiger charge is -2.23. The van der Waals surface area contributed by atoms with Crippen molar-refractivity contribution < 1.29 is 108 Å². The molecule has 1 aliphatic carbocycles. The van der Waals surface area contributed by atoms with Gasteiger partial charge >= 0.3 is 28.5 Å². The summed E-state index contributed by atoms with van der Waals surface area (Å²) in [5.74, 6) is 0. The van der Waals surface area contributed by atoms with Crippen molar-refractivity contribution in [2.75, 3.05) is 46.0 Å². The average Bonchev–Trinajstić information content (AvgIpc) is 0.841. The van der Waals surface area contributed by atoms with Crippen LogP contribution >= 0.6 is 169 Å². The van der Waals surface area contributed by atoms with Crippen LogP contribution in [0.15, 0.2) is 245 Å². The summed E-state index contributed by atoms with van der Waals surface area (Å²) in [6, 6.07) is 30.3. The van der Waals surface area contributed by atoms with Gasteiger partial charge in [0.05, 0.1) is 31.7 Å². The number of rotatable bonds is 14. The van der Waals surface area contributed by atoms with E-state index in [4.69, 9.17) is 82.4 Å². The summed E-state index contributed by atoms with van der Waals surface area (Å²) in [4.78, 5) is 75.3. The molecular weight excluding hydrogens is 2150 g/mol. The Morgan fingerprint density at radius 1 is 0.534 bits per heavy atom. The number of carbonyl (C=O) groups excluding carboxylic acids is 3. The first-order valence-corrected chi connectivity index (χ1v) is 45.3. The van der Waals surface area contributed by atoms with Crippen LogP contribution in [0, 0.1) is 17.4 Å². The molecule has 0 radical (unpaired) electrons. The fourth-order valence-corrected chi connectivity index (χ4v) is 13.7. The molecule has 9 aromatic rings. The summed E-state index contributed by atoms with van der Waals surface area (Å²) < 4.78 is 57.9. The Bertz CT molecular complexity index is 4580. The normalized spacial score (nSPS) is 13.0. The third-order valence-electron chi connectivity index (χ3n) is 14.6. The number of hydrogen-bond donors (Lipinski definition) is 0. The highest BCUT2D eigenvalue weighted by molar-refractivity contribution is 14.1. The van der Waals surface area contributed by atoms with Crippen LogP contribution in [0.5, 0.6) is 0 Å². The Balaban J connectivity index is 0.000000238. The first-order chi connectivity index (χ1) is 54.9. The number of aryl methyl sites for hydroxylation is 2. The Labute approximate surface area is 766 Å². The van der Waals surface area contributed by atoms with Crippen molar-refractivity contribution in [1.29, 1.82) is 0 Å². The van der Waals surface area contributed by atoms with Crippen LogP contribution in [-0.4, -0.2) is 99.9 Å². The number of ether oxygens (including phenoxy) is 2. The lowest BCUT2D eigenvalue weighted by Crippen LogP contribution is -2.53. The molecule has 1 aromatic carbocycles. The van der Waals surface area contributed by atoms with Crippen LogP contribution in [0.2, 0.25) is 15.1 Å². The third-order valence-corrected chi connectivity index (χ3v) is 21.6. The van der Waals surface area contributed by atoms with Crippen molar-refractivity contribution in [2.24, 2.45) is 0 Å². The first-order valence-electron chi connectivity index (χ1n) is 36.1. The van der Waals surface area contributed by atoms with Crippen molar-refractivity contribution in [3.8, 4) is 0 Å². The van der Waals surface area contributed by atoms with Gasteiger partial charge in [0, 0.05) is 153 Å². The zero-order chi connectivity index (χ0) is 85.4. The van der Waals surface area contributed by atoms with Crippen LogP contribution in [0.1, 0.15) is 117 Å². The number of morpholine rings is 1. The largest absolute Gasteiger partial charge is 0.572 e. The van der Waals surface area contributed by atoms with E-state index in [2.05, 4.69) is 167 Å². The molecule has 2 amide bonds. The molecule has 3 aliphatic rings. The summed E-state index contributed by atoms with van der Waals surface area (Å²) >= 11 is 42.5. The number of benzene rings is 1. The van der Waals surface area contributed by atoms with E-state index >= 15 is 0 Å². The van der Waals surface area contributed by atoms with Crippen molar-refractivity contribution in [1.82, 2.24) is 9.80 Å². The van der Waals surface area contributed by atoms with Gasteiger partial charge in [-0.05, 0) is 245 Å². The van der Waals surface area contributed by atoms with E-state index in [1.165, 1.54) is 81.4 Å². The summed E-state index contributed by atoms with van der Waals surface area (Å²) in [6.07, 6.45) is 36.9. The lowest BCUT2D eigenvalue weighted by molar-refractivity contribution is -0.906. The lowest BCUT2D eigenvalue weighted by atomic mass is 9.98. The number of amides is 2. The molecule has 37 heteroatoms. The first kappa shape index (κ1) is 100. The molecule has 10 heterocycles. The number of halogens is 11. The zero-order valence-electron chi connectivity index (χ0n) is 65.3. The van der Waals surface area contributed by atoms with E-state index < -0.39 is 21.9 Å². The van der Waals surface area contributed by atoms with Gasteiger partial charge in [0.25, 0.3) is 4.60 Å². The average molecular weight is 2250 g/mol. The quantitative estimate of drug-likeness (QED) is 0.0325. The van der Waals surface area contributed by atoms with Crippen molar-refractivity contribution in [2.45, 2.75) is 142 Å². The molecule has 116 heavy (non-hydrogen) atoms. The second kappa shape index (κ2) is 52.8. The minimum Gasteiger partial charge on any atom is -0.425 e. The summed E-state index contributed by atoms with van der Waals surface area (Å²) in [6.45, 7) is 25.3.